The molecule has 0 aromatic heterocycles. The number of hydrogen-bond acceptors (Lipinski definition) is 3. The number of hydrogen-bond donors (Lipinski definition) is 2. The van der Waals surface area contributed by atoms with Crippen LogP contribution in [0, 0.1) is 5.41 Å². The standard InChI is InChI=1S/C21H23NO3/c1-25-19-12-16(18-7-8-21(18)9-10-22-13-21)17(20(23)24)11-15(19)14-5-3-2-4-6-14/h2-6,11-12,18,22H,7-10,13H2,1H3,(H,23,24). The minimum Gasteiger partial charge on any atom is -0.496 e. The number of nitrogens with one attached hydrogen (secondary N) is 1. The van der Waals surface area contributed by atoms with E-state index in [1.807, 2.05) is 36.4 Å². The summed E-state index contributed by atoms with van der Waals surface area (Å²) in [7, 11) is 1.65. The lowest BCUT2D eigenvalue weighted by molar-refractivity contribution is 0.0685. The topological polar surface area (TPSA) is 58.6 Å². The number of ether oxygens (including phenoxy) is 1. The fourth-order valence-electron chi connectivity index (χ4n) is 4.54. The largest absolute Gasteiger partial charge is 0.496 e. The second-order valence-electron chi connectivity index (χ2n) is 7.19. The van der Waals surface area contributed by atoms with Crippen molar-refractivity contribution in [3.05, 3.63) is 53.6 Å². The highest BCUT2D eigenvalue weighted by Gasteiger charge is 2.50. The summed E-state index contributed by atoms with van der Waals surface area (Å²) in [6.45, 7) is 2.01. The number of methoxy groups -OCH3 is 1. The van der Waals surface area contributed by atoms with E-state index in [2.05, 4.69) is 5.32 Å². The molecule has 4 rings (SSSR count). The lowest BCUT2D eigenvalue weighted by atomic mass is 9.56. The Morgan fingerprint density at radius 3 is 2.60 bits per heavy atom. The van der Waals surface area contributed by atoms with Crippen LogP contribution in [0.2, 0.25) is 0 Å². The second kappa shape index (κ2) is 6.19. The Balaban J connectivity index is 1.84. The van der Waals surface area contributed by atoms with E-state index >= 15 is 0 Å². The summed E-state index contributed by atoms with van der Waals surface area (Å²) in [5.41, 5.74) is 3.37. The van der Waals surface area contributed by atoms with Crippen LogP contribution in [-0.4, -0.2) is 31.3 Å². The summed E-state index contributed by atoms with van der Waals surface area (Å²) in [4.78, 5) is 12.0. The van der Waals surface area contributed by atoms with Crippen LogP contribution in [0.3, 0.4) is 0 Å². The van der Waals surface area contributed by atoms with Gasteiger partial charge in [-0.15, -0.1) is 0 Å². The summed E-state index contributed by atoms with van der Waals surface area (Å²) in [5, 5.41) is 13.3. The van der Waals surface area contributed by atoms with Crippen LogP contribution < -0.4 is 10.1 Å². The first-order valence-corrected chi connectivity index (χ1v) is 8.86. The summed E-state index contributed by atoms with van der Waals surface area (Å²) in [5.74, 6) is 0.189. The highest BCUT2D eigenvalue weighted by atomic mass is 16.5. The molecular weight excluding hydrogens is 314 g/mol. The number of carboxylic acid groups (broad SMARTS) is 1. The maximum absolute atomic E-state index is 12.0. The summed E-state index contributed by atoms with van der Waals surface area (Å²) < 4.78 is 5.64. The van der Waals surface area contributed by atoms with E-state index in [9.17, 15) is 9.90 Å². The van der Waals surface area contributed by atoms with Crippen molar-refractivity contribution in [1.29, 1.82) is 0 Å². The lowest BCUT2D eigenvalue weighted by Gasteiger charge is -2.47. The van der Waals surface area contributed by atoms with Gasteiger partial charge in [-0.2, -0.15) is 0 Å². The molecule has 4 heteroatoms. The molecule has 0 bridgehead atoms. The molecule has 1 aliphatic carbocycles. The van der Waals surface area contributed by atoms with Crippen molar-refractivity contribution in [3.63, 3.8) is 0 Å². The van der Waals surface area contributed by atoms with E-state index in [-0.39, 0.29) is 5.41 Å². The van der Waals surface area contributed by atoms with Crippen molar-refractivity contribution in [1.82, 2.24) is 5.32 Å². The molecule has 1 aliphatic heterocycles. The van der Waals surface area contributed by atoms with Crippen LogP contribution in [0.25, 0.3) is 11.1 Å². The van der Waals surface area contributed by atoms with Crippen molar-refractivity contribution in [2.45, 2.75) is 25.2 Å². The Kier molecular flexibility index (Phi) is 4.00. The first-order chi connectivity index (χ1) is 12.1. The number of benzene rings is 2. The second-order valence-corrected chi connectivity index (χ2v) is 7.19. The normalized spacial score (nSPS) is 24.9. The van der Waals surface area contributed by atoms with E-state index in [0.29, 0.717) is 11.5 Å². The highest BCUT2D eigenvalue weighted by Crippen LogP contribution is 2.57. The van der Waals surface area contributed by atoms with Crippen molar-refractivity contribution in [3.8, 4) is 16.9 Å². The molecule has 2 fully saturated rings. The number of carboxylic acids is 1. The molecule has 1 spiro atoms. The third-order valence-corrected chi connectivity index (χ3v) is 6.01. The van der Waals surface area contributed by atoms with Crippen LogP contribution in [0.4, 0.5) is 0 Å². The Morgan fingerprint density at radius 2 is 2.04 bits per heavy atom. The molecule has 4 nitrogen and oxygen atoms in total. The smallest absolute Gasteiger partial charge is 0.335 e. The maximum Gasteiger partial charge on any atom is 0.335 e. The van der Waals surface area contributed by atoms with Gasteiger partial charge in [0.1, 0.15) is 5.75 Å². The molecule has 2 atom stereocenters. The Labute approximate surface area is 147 Å². The summed E-state index contributed by atoms with van der Waals surface area (Å²) in [6, 6.07) is 13.6. The molecule has 2 unspecified atom stereocenters. The fourth-order valence-corrected chi connectivity index (χ4v) is 4.54. The molecule has 2 aromatic rings. The van der Waals surface area contributed by atoms with E-state index < -0.39 is 5.97 Å². The van der Waals surface area contributed by atoms with Gasteiger partial charge in [0.25, 0.3) is 0 Å². The molecule has 2 N–H and O–H groups in total. The first kappa shape index (κ1) is 16.2. The zero-order valence-electron chi connectivity index (χ0n) is 14.4. The van der Waals surface area contributed by atoms with Crippen molar-refractivity contribution in [2.75, 3.05) is 20.2 Å². The third-order valence-electron chi connectivity index (χ3n) is 6.01. The van der Waals surface area contributed by atoms with Crippen LogP contribution >= 0.6 is 0 Å². The van der Waals surface area contributed by atoms with Gasteiger partial charge in [0.2, 0.25) is 0 Å². The molecule has 130 valence electrons. The van der Waals surface area contributed by atoms with Crippen molar-refractivity contribution in [2.24, 2.45) is 5.41 Å². The van der Waals surface area contributed by atoms with Crippen molar-refractivity contribution >= 4 is 5.97 Å². The predicted molar refractivity (Wildman–Crippen MR) is 97.3 cm³/mol. The molecule has 2 aliphatic rings. The molecule has 0 radical (unpaired) electrons. The number of aromatic carboxylic acids is 1. The zero-order valence-corrected chi connectivity index (χ0v) is 14.4. The SMILES string of the molecule is COc1cc(C2CCC23CCNC3)c(C(=O)O)cc1-c1ccccc1. The highest BCUT2D eigenvalue weighted by molar-refractivity contribution is 5.93. The van der Waals surface area contributed by atoms with Crippen LogP contribution in [0.5, 0.6) is 5.75 Å². The lowest BCUT2D eigenvalue weighted by Crippen LogP contribution is -2.40. The molecule has 2 aromatic carbocycles. The van der Waals surface area contributed by atoms with E-state index in [4.69, 9.17) is 4.74 Å². The van der Waals surface area contributed by atoms with E-state index in [1.54, 1.807) is 13.2 Å². The Bertz CT molecular complexity index is 794. The third kappa shape index (κ3) is 2.61. The minimum absolute atomic E-state index is 0.226. The van der Waals surface area contributed by atoms with Crippen LogP contribution in [0.15, 0.2) is 42.5 Å². The Morgan fingerprint density at radius 1 is 1.24 bits per heavy atom. The van der Waals surface area contributed by atoms with Gasteiger partial charge in [-0.25, -0.2) is 4.79 Å². The maximum atomic E-state index is 12.0. The van der Waals surface area contributed by atoms with Gasteiger partial charge in [-0.3, -0.25) is 0 Å². The van der Waals surface area contributed by atoms with Gasteiger partial charge >= 0.3 is 5.97 Å². The number of carbonyl (C=O) groups is 1. The molecule has 1 saturated carbocycles. The molecule has 1 heterocycles. The van der Waals surface area contributed by atoms with Gasteiger partial charge < -0.3 is 15.2 Å². The zero-order chi connectivity index (χ0) is 17.4. The monoisotopic (exact) mass is 337 g/mol. The number of rotatable bonds is 4. The molecule has 1 saturated heterocycles. The fraction of sp³-hybridized carbons (Fsp3) is 0.381. The van der Waals surface area contributed by atoms with Crippen LogP contribution in [0.1, 0.15) is 41.1 Å². The minimum atomic E-state index is -0.858. The molecule has 0 amide bonds. The Hall–Kier alpha value is -2.33. The predicted octanol–water partition coefficient (Wildman–Crippen LogP) is 3.92. The van der Waals surface area contributed by atoms with Gasteiger partial charge in [0, 0.05) is 12.1 Å². The summed E-state index contributed by atoms with van der Waals surface area (Å²) in [6.07, 6.45) is 3.35. The van der Waals surface area contributed by atoms with Crippen LogP contribution in [-0.2, 0) is 0 Å². The van der Waals surface area contributed by atoms with Gasteiger partial charge in [0.15, 0.2) is 0 Å². The van der Waals surface area contributed by atoms with Gasteiger partial charge in [-0.05, 0) is 60.4 Å². The molecule has 25 heavy (non-hydrogen) atoms. The van der Waals surface area contributed by atoms with Gasteiger partial charge in [0.05, 0.1) is 12.7 Å². The quantitative estimate of drug-likeness (QED) is 0.888. The van der Waals surface area contributed by atoms with E-state index in [1.165, 1.54) is 6.42 Å². The van der Waals surface area contributed by atoms with E-state index in [0.717, 1.165) is 48.4 Å². The summed E-state index contributed by atoms with van der Waals surface area (Å²) >= 11 is 0. The average molecular weight is 337 g/mol. The first-order valence-electron chi connectivity index (χ1n) is 8.86. The average Bonchev–Trinajstić information content (AvgIpc) is 3.13. The van der Waals surface area contributed by atoms with Crippen molar-refractivity contribution < 1.29 is 14.6 Å². The molecular formula is C21H23NO3. The van der Waals surface area contributed by atoms with Gasteiger partial charge in [-0.1, -0.05) is 30.3 Å².